The molecule has 0 spiro atoms. The van der Waals surface area contributed by atoms with E-state index in [-0.39, 0.29) is 30.3 Å². The fraction of sp³-hybridized carbons (Fsp3) is 0.367. The molecule has 5 rings (SSSR count). The van der Waals surface area contributed by atoms with Crippen molar-refractivity contribution < 1.29 is 33.2 Å². The van der Waals surface area contributed by atoms with Crippen LogP contribution in [0.5, 0.6) is 28.7 Å². The van der Waals surface area contributed by atoms with Gasteiger partial charge in [-0.1, -0.05) is 36.4 Å². The minimum atomic E-state index is -0.335. The quantitative estimate of drug-likeness (QED) is 0.366. The van der Waals surface area contributed by atoms with E-state index in [2.05, 4.69) is 6.07 Å². The summed E-state index contributed by atoms with van der Waals surface area (Å²) in [5, 5.41) is 0. The van der Waals surface area contributed by atoms with Crippen LogP contribution < -0.4 is 23.7 Å². The minimum Gasteiger partial charge on any atom is -0.493 e. The lowest BCUT2D eigenvalue weighted by Crippen LogP contribution is -2.38. The van der Waals surface area contributed by atoms with Crippen molar-refractivity contribution in [2.24, 2.45) is 5.41 Å². The van der Waals surface area contributed by atoms with Gasteiger partial charge in [-0.15, -0.1) is 0 Å². The average molecular weight is 505 g/mol. The smallest absolute Gasteiger partial charge is 0.306 e. The van der Waals surface area contributed by atoms with Crippen molar-refractivity contribution in [3.63, 3.8) is 0 Å². The molecule has 3 aromatic rings. The third-order valence-corrected chi connectivity index (χ3v) is 7.53. The first-order valence-electron chi connectivity index (χ1n) is 12.4. The molecular formula is C30H32O7. The lowest BCUT2D eigenvalue weighted by molar-refractivity contribution is -0.145. The second-order valence-electron chi connectivity index (χ2n) is 9.53. The number of esters is 1. The maximum absolute atomic E-state index is 12.8. The summed E-state index contributed by atoms with van der Waals surface area (Å²) in [5.41, 5.74) is 3.94. The predicted octanol–water partition coefficient (Wildman–Crippen LogP) is 5.31. The summed E-state index contributed by atoms with van der Waals surface area (Å²) in [6.07, 6.45) is 1.64. The van der Waals surface area contributed by atoms with Gasteiger partial charge in [-0.2, -0.15) is 0 Å². The van der Waals surface area contributed by atoms with Gasteiger partial charge in [0.25, 0.3) is 0 Å². The zero-order chi connectivity index (χ0) is 26.0. The molecule has 0 saturated heterocycles. The number of carbonyl (C=O) groups is 1. The fourth-order valence-corrected chi connectivity index (χ4v) is 5.77. The van der Waals surface area contributed by atoms with Crippen LogP contribution >= 0.6 is 0 Å². The van der Waals surface area contributed by atoms with Gasteiger partial charge in [-0.3, -0.25) is 4.79 Å². The summed E-state index contributed by atoms with van der Waals surface area (Å²) < 4.78 is 34.4. The van der Waals surface area contributed by atoms with Crippen molar-refractivity contribution >= 4 is 5.97 Å². The van der Waals surface area contributed by atoms with E-state index in [4.69, 9.17) is 28.4 Å². The first-order chi connectivity index (χ1) is 18.0. The van der Waals surface area contributed by atoms with Gasteiger partial charge >= 0.3 is 5.97 Å². The van der Waals surface area contributed by atoms with Gasteiger partial charge in [0.15, 0.2) is 23.0 Å². The monoisotopic (exact) mass is 504 g/mol. The molecule has 7 heteroatoms. The van der Waals surface area contributed by atoms with Gasteiger partial charge in [0.1, 0.15) is 6.61 Å². The zero-order valence-corrected chi connectivity index (χ0v) is 21.7. The standard InChI is InChI=1S/C30H32O7/c1-32-23-11-10-21-27-22-15-25(34-3)24(33-2)14-20(22)16-30(27,18-37-28(21)29(23)35-4)13-12-26(31)36-17-19-8-6-5-7-9-19/h5-11,14-15,27H,12-13,16-18H2,1-4H3/t27-,30-/m0/s1. The molecule has 0 fully saturated rings. The molecule has 0 radical (unpaired) electrons. The number of carbonyl (C=O) groups excluding carboxylic acids is 1. The topological polar surface area (TPSA) is 72.5 Å². The van der Waals surface area contributed by atoms with Gasteiger partial charge in [-0.05, 0) is 47.7 Å². The molecule has 0 N–H and O–H groups in total. The van der Waals surface area contributed by atoms with Gasteiger partial charge < -0.3 is 28.4 Å². The largest absolute Gasteiger partial charge is 0.493 e. The van der Waals surface area contributed by atoms with E-state index in [0.717, 1.165) is 28.7 Å². The zero-order valence-electron chi connectivity index (χ0n) is 21.7. The van der Waals surface area contributed by atoms with E-state index in [0.29, 0.717) is 41.8 Å². The molecule has 1 aliphatic heterocycles. The van der Waals surface area contributed by atoms with E-state index >= 15 is 0 Å². The molecule has 37 heavy (non-hydrogen) atoms. The van der Waals surface area contributed by atoms with Crippen LogP contribution in [0.25, 0.3) is 0 Å². The number of hydrogen-bond acceptors (Lipinski definition) is 7. The van der Waals surface area contributed by atoms with Crippen LogP contribution in [-0.2, 0) is 22.6 Å². The molecule has 0 aromatic heterocycles. The summed E-state index contributed by atoms with van der Waals surface area (Å²) in [7, 11) is 6.50. The molecule has 0 unspecified atom stereocenters. The average Bonchev–Trinajstić information content (AvgIpc) is 3.27. The van der Waals surface area contributed by atoms with Crippen molar-refractivity contribution in [3.8, 4) is 28.7 Å². The van der Waals surface area contributed by atoms with E-state index in [9.17, 15) is 4.79 Å². The molecule has 194 valence electrons. The van der Waals surface area contributed by atoms with E-state index in [1.165, 1.54) is 0 Å². The maximum atomic E-state index is 12.8. The molecule has 1 aliphatic carbocycles. The highest BCUT2D eigenvalue weighted by molar-refractivity contribution is 5.70. The summed E-state index contributed by atoms with van der Waals surface area (Å²) in [6.45, 7) is 0.695. The summed E-state index contributed by atoms with van der Waals surface area (Å²) in [5.74, 6) is 2.98. The molecule has 3 aromatic carbocycles. The third kappa shape index (κ3) is 4.43. The summed E-state index contributed by atoms with van der Waals surface area (Å²) in [6, 6.07) is 17.8. The summed E-state index contributed by atoms with van der Waals surface area (Å²) >= 11 is 0. The third-order valence-electron chi connectivity index (χ3n) is 7.53. The Balaban J connectivity index is 1.49. The summed E-state index contributed by atoms with van der Waals surface area (Å²) in [4.78, 5) is 12.8. The Morgan fingerprint density at radius 3 is 2.32 bits per heavy atom. The van der Waals surface area contributed by atoms with Crippen LogP contribution in [-0.4, -0.2) is 41.0 Å². The first-order valence-corrected chi connectivity index (χ1v) is 12.4. The Bertz CT molecular complexity index is 1290. The molecule has 2 atom stereocenters. The molecule has 0 bridgehead atoms. The fourth-order valence-electron chi connectivity index (χ4n) is 5.77. The molecule has 7 nitrogen and oxygen atoms in total. The van der Waals surface area contributed by atoms with Crippen LogP contribution in [0.1, 0.15) is 41.0 Å². The Morgan fingerprint density at radius 2 is 1.62 bits per heavy atom. The van der Waals surface area contributed by atoms with Crippen molar-refractivity contribution in [3.05, 3.63) is 76.9 Å². The molecule has 1 heterocycles. The predicted molar refractivity (Wildman–Crippen MR) is 138 cm³/mol. The maximum Gasteiger partial charge on any atom is 0.306 e. The van der Waals surface area contributed by atoms with E-state index in [1.54, 1.807) is 28.4 Å². The number of methoxy groups -OCH3 is 4. The van der Waals surface area contributed by atoms with Crippen molar-refractivity contribution in [2.45, 2.75) is 31.8 Å². The van der Waals surface area contributed by atoms with Gasteiger partial charge in [-0.25, -0.2) is 0 Å². The highest BCUT2D eigenvalue weighted by Gasteiger charge is 2.52. The van der Waals surface area contributed by atoms with Crippen LogP contribution in [0.2, 0.25) is 0 Å². The number of benzene rings is 3. The van der Waals surface area contributed by atoms with Crippen LogP contribution in [0, 0.1) is 5.41 Å². The normalized spacial score (nSPS) is 19.1. The highest BCUT2D eigenvalue weighted by atomic mass is 16.5. The molecular weight excluding hydrogens is 472 g/mol. The van der Waals surface area contributed by atoms with Crippen LogP contribution in [0.4, 0.5) is 0 Å². The molecule has 0 amide bonds. The Hall–Kier alpha value is -3.87. The van der Waals surface area contributed by atoms with Gasteiger partial charge in [0, 0.05) is 23.3 Å². The van der Waals surface area contributed by atoms with Crippen molar-refractivity contribution in [2.75, 3.05) is 35.0 Å². The minimum absolute atomic E-state index is 0.0206. The second-order valence-corrected chi connectivity index (χ2v) is 9.53. The van der Waals surface area contributed by atoms with Gasteiger partial charge in [0.05, 0.1) is 35.0 Å². The van der Waals surface area contributed by atoms with Crippen LogP contribution in [0.15, 0.2) is 54.6 Å². The van der Waals surface area contributed by atoms with Crippen molar-refractivity contribution in [1.82, 2.24) is 0 Å². The number of ether oxygens (including phenoxy) is 6. The second kappa shape index (κ2) is 10.2. The van der Waals surface area contributed by atoms with Crippen LogP contribution in [0.3, 0.4) is 0 Å². The van der Waals surface area contributed by atoms with Crippen molar-refractivity contribution in [1.29, 1.82) is 0 Å². The SMILES string of the molecule is COc1cc2c(cc1OC)[C@@H]1c3ccc(OC)c(OC)c3OC[C@]1(CCC(=O)OCc1ccccc1)C2. The lowest BCUT2D eigenvalue weighted by atomic mass is 9.68. The first kappa shape index (κ1) is 24.8. The number of hydrogen-bond donors (Lipinski definition) is 0. The number of rotatable bonds is 9. The van der Waals surface area contributed by atoms with E-state index in [1.807, 2.05) is 48.5 Å². The number of fused-ring (bicyclic) bond motifs is 5. The Kier molecular flexibility index (Phi) is 6.87. The lowest BCUT2D eigenvalue weighted by Gasteiger charge is -2.41. The molecule has 0 saturated carbocycles. The Labute approximate surface area is 217 Å². The van der Waals surface area contributed by atoms with E-state index < -0.39 is 0 Å². The highest BCUT2D eigenvalue weighted by Crippen LogP contribution is 2.61. The van der Waals surface area contributed by atoms with Gasteiger partial charge in [0.2, 0.25) is 5.75 Å². The Morgan fingerprint density at radius 1 is 0.892 bits per heavy atom. The molecule has 2 aliphatic rings.